The summed E-state index contributed by atoms with van der Waals surface area (Å²) in [5.74, 6) is -3.79. The average Bonchev–Trinajstić information content (AvgIpc) is 2.57. The molecule has 1 aliphatic rings. The van der Waals surface area contributed by atoms with E-state index in [2.05, 4.69) is 9.78 Å². The molecule has 0 radical (unpaired) electrons. The molecule has 1 aromatic rings. The Morgan fingerprint density at radius 1 is 0.880 bits per heavy atom. The van der Waals surface area contributed by atoms with Gasteiger partial charge in [0.25, 0.3) is 0 Å². The van der Waals surface area contributed by atoms with Gasteiger partial charge in [0, 0.05) is 6.42 Å². The van der Waals surface area contributed by atoms with Crippen LogP contribution >= 0.6 is 0 Å². The van der Waals surface area contributed by atoms with Crippen molar-refractivity contribution in [1.82, 2.24) is 0 Å². The molecular weight excluding hydrogens is 332 g/mol. The molecule has 0 aromatic heterocycles. The largest absolute Gasteiger partial charge is 0.478 e. The lowest BCUT2D eigenvalue weighted by atomic mass is 10.1. The monoisotopic (exact) mass is 350 g/mol. The molecule has 134 valence electrons. The van der Waals surface area contributed by atoms with Gasteiger partial charge in [-0.3, -0.25) is 4.79 Å². The highest BCUT2D eigenvalue weighted by Crippen LogP contribution is 2.23. The van der Waals surface area contributed by atoms with Gasteiger partial charge in [0.2, 0.25) is 0 Å². The smallest absolute Gasteiger partial charge is 0.386 e. The number of rotatable bonds is 1. The van der Waals surface area contributed by atoms with E-state index in [1.807, 2.05) is 0 Å². The molecule has 0 spiro atoms. The normalized spacial score (nSPS) is 17.2. The van der Waals surface area contributed by atoms with Crippen LogP contribution in [0.4, 0.5) is 0 Å². The van der Waals surface area contributed by atoms with Crippen LogP contribution in [0.5, 0.6) is 5.75 Å². The van der Waals surface area contributed by atoms with Crippen molar-refractivity contribution in [3.63, 3.8) is 0 Å². The molecule has 0 saturated heterocycles. The molecule has 0 saturated carbocycles. The fraction of sp³-hybridized carbons (Fsp3) is 0.412. The Morgan fingerprint density at radius 2 is 1.52 bits per heavy atom. The predicted octanol–water partition coefficient (Wildman–Crippen LogP) is 2.65. The Bertz CT molecular complexity index is 679. The van der Waals surface area contributed by atoms with Crippen LogP contribution in [0.1, 0.15) is 65.7 Å². The first-order valence-electron chi connectivity index (χ1n) is 7.97. The zero-order valence-electron chi connectivity index (χ0n) is 13.5. The van der Waals surface area contributed by atoms with E-state index < -0.39 is 23.9 Å². The predicted molar refractivity (Wildman–Crippen MR) is 82.9 cm³/mol. The lowest BCUT2D eigenvalue weighted by Crippen LogP contribution is -2.14. The SMILES string of the molecule is O=C1CCCCCCCC(=O)Oc2cc(ccc2C(=O)O)C(=O)OO1. The standard InChI is InChI=1S/C17H18O8/c18-14-6-4-2-1-3-5-7-15(19)24-25-17(22)11-8-9-12(16(20)21)13(10-11)23-14/h8-10H,1-7H2,(H,20,21). The third-order valence-corrected chi connectivity index (χ3v) is 3.64. The first-order chi connectivity index (χ1) is 12.0. The molecular formula is C17H18O8. The summed E-state index contributed by atoms with van der Waals surface area (Å²) in [5, 5.41) is 9.16. The number of carbonyl (C=O) groups is 4. The van der Waals surface area contributed by atoms with Crippen molar-refractivity contribution in [3.8, 4) is 5.75 Å². The highest BCUT2D eigenvalue weighted by atomic mass is 17.2. The number of esters is 1. The lowest BCUT2D eigenvalue weighted by molar-refractivity contribution is -0.234. The molecule has 0 unspecified atom stereocenters. The van der Waals surface area contributed by atoms with Crippen molar-refractivity contribution in [1.29, 1.82) is 0 Å². The summed E-state index contributed by atoms with van der Waals surface area (Å²) < 4.78 is 5.08. The van der Waals surface area contributed by atoms with E-state index in [-0.39, 0.29) is 29.7 Å². The van der Waals surface area contributed by atoms with Crippen molar-refractivity contribution in [2.24, 2.45) is 0 Å². The van der Waals surface area contributed by atoms with Gasteiger partial charge >= 0.3 is 23.9 Å². The number of ether oxygens (including phenoxy) is 1. The molecule has 1 heterocycles. The molecule has 0 fully saturated rings. The molecule has 0 atom stereocenters. The summed E-state index contributed by atoms with van der Waals surface area (Å²) >= 11 is 0. The van der Waals surface area contributed by atoms with Gasteiger partial charge in [-0.05, 0) is 31.0 Å². The van der Waals surface area contributed by atoms with Gasteiger partial charge in [-0.1, -0.05) is 19.3 Å². The van der Waals surface area contributed by atoms with Gasteiger partial charge in [0.15, 0.2) is 0 Å². The lowest BCUT2D eigenvalue weighted by Gasteiger charge is -2.10. The van der Waals surface area contributed by atoms with Crippen LogP contribution in [0.15, 0.2) is 18.2 Å². The molecule has 8 heteroatoms. The van der Waals surface area contributed by atoms with E-state index >= 15 is 0 Å². The molecule has 1 aliphatic heterocycles. The van der Waals surface area contributed by atoms with Crippen LogP contribution in [0.3, 0.4) is 0 Å². The third-order valence-electron chi connectivity index (χ3n) is 3.64. The van der Waals surface area contributed by atoms with E-state index in [1.54, 1.807) is 0 Å². The fourth-order valence-corrected chi connectivity index (χ4v) is 2.33. The zero-order chi connectivity index (χ0) is 18.2. The number of carboxylic acids is 1. The molecule has 1 N–H and O–H groups in total. The number of fused-ring (bicyclic) bond motifs is 2. The van der Waals surface area contributed by atoms with Crippen LogP contribution < -0.4 is 4.74 Å². The Hall–Kier alpha value is -2.90. The van der Waals surface area contributed by atoms with Gasteiger partial charge in [-0.25, -0.2) is 24.2 Å². The second-order valence-electron chi connectivity index (χ2n) is 5.58. The van der Waals surface area contributed by atoms with Gasteiger partial charge in [0.05, 0.1) is 12.0 Å². The molecule has 0 aliphatic carbocycles. The van der Waals surface area contributed by atoms with E-state index in [0.29, 0.717) is 12.8 Å². The first kappa shape index (κ1) is 18.4. The van der Waals surface area contributed by atoms with Gasteiger partial charge in [-0.15, -0.1) is 0 Å². The Labute approximate surface area is 143 Å². The summed E-state index contributed by atoms with van der Waals surface area (Å²) in [5.41, 5.74) is -0.365. The van der Waals surface area contributed by atoms with Crippen molar-refractivity contribution in [2.75, 3.05) is 0 Å². The summed E-state index contributed by atoms with van der Waals surface area (Å²) in [7, 11) is 0. The minimum absolute atomic E-state index is 0.104. The second-order valence-corrected chi connectivity index (χ2v) is 5.58. The third kappa shape index (κ3) is 5.59. The molecule has 0 amide bonds. The Kier molecular flexibility index (Phi) is 6.50. The molecule has 8 nitrogen and oxygen atoms in total. The highest BCUT2D eigenvalue weighted by Gasteiger charge is 2.20. The maximum atomic E-state index is 11.9. The van der Waals surface area contributed by atoms with Crippen LogP contribution in [-0.4, -0.2) is 29.0 Å². The second kappa shape index (κ2) is 8.81. The summed E-state index contributed by atoms with van der Waals surface area (Å²) in [6, 6.07) is 3.37. The highest BCUT2D eigenvalue weighted by molar-refractivity contribution is 5.96. The van der Waals surface area contributed by atoms with E-state index in [1.165, 1.54) is 6.07 Å². The Balaban J connectivity index is 2.24. The van der Waals surface area contributed by atoms with Crippen molar-refractivity contribution < 1.29 is 38.8 Å². The fourth-order valence-electron chi connectivity index (χ4n) is 2.33. The number of benzene rings is 1. The van der Waals surface area contributed by atoms with E-state index in [9.17, 15) is 19.2 Å². The number of aromatic carboxylic acids is 1. The summed E-state index contributed by atoms with van der Waals surface area (Å²) in [4.78, 5) is 55.4. The number of carboxylic acid groups (broad SMARTS) is 1. The minimum atomic E-state index is -1.30. The van der Waals surface area contributed by atoms with Crippen LogP contribution in [0.2, 0.25) is 0 Å². The van der Waals surface area contributed by atoms with Gasteiger partial charge in [0.1, 0.15) is 11.3 Å². The topological polar surface area (TPSA) is 116 Å². The molecule has 25 heavy (non-hydrogen) atoms. The maximum Gasteiger partial charge on any atom is 0.386 e. The maximum absolute atomic E-state index is 11.9. The summed E-state index contributed by atoms with van der Waals surface area (Å²) in [6.45, 7) is 0. The number of hydrogen-bond donors (Lipinski definition) is 1. The van der Waals surface area contributed by atoms with Gasteiger partial charge in [-0.2, -0.15) is 0 Å². The first-order valence-corrected chi connectivity index (χ1v) is 7.97. The van der Waals surface area contributed by atoms with Crippen LogP contribution in [0.25, 0.3) is 0 Å². The van der Waals surface area contributed by atoms with Gasteiger partial charge < -0.3 is 9.84 Å². The Morgan fingerprint density at radius 3 is 2.20 bits per heavy atom. The minimum Gasteiger partial charge on any atom is -0.478 e. The van der Waals surface area contributed by atoms with Crippen molar-refractivity contribution in [2.45, 2.75) is 44.9 Å². The molecule has 2 rings (SSSR count). The van der Waals surface area contributed by atoms with Crippen molar-refractivity contribution >= 4 is 23.9 Å². The quantitative estimate of drug-likeness (QED) is 0.467. The average molecular weight is 350 g/mol. The van der Waals surface area contributed by atoms with Crippen LogP contribution in [0, 0.1) is 0 Å². The molecule has 2 bridgehead atoms. The van der Waals surface area contributed by atoms with E-state index in [4.69, 9.17) is 9.84 Å². The summed E-state index contributed by atoms with van der Waals surface area (Å²) in [6.07, 6.45) is 3.83. The number of hydrogen-bond acceptors (Lipinski definition) is 7. The number of carbonyl (C=O) groups excluding carboxylic acids is 3. The van der Waals surface area contributed by atoms with E-state index in [0.717, 1.165) is 31.4 Å². The molecule has 1 aromatic carbocycles. The van der Waals surface area contributed by atoms with Crippen molar-refractivity contribution in [3.05, 3.63) is 29.3 Å². The zero-order valence-corrected chi connectivity index (χ0v) is 13.5. The van der Waals surface area contributed by atoms with Crippen LogP contribution in [-0.2, 0) is 19.4 Å².